The Kier molecular flexibility index (Phi) is 4.83. The fraction of sp³-hybridized carbons (Fsp3) is 0.400. The molecule has 1 unspecified atom stereocenters. The molecule has 0 aliphatic heterocycles. The van der Waals surface area contributed by atoms with Gasteiger partial charge in [0.2, 0.25) is 10.0 Å². The van der Waals surface area contributed by atoms with Gasteiger partial charge in [-0.1, -0.05) is 11.6 Å². The van der Waals surface area contributed by atoms with Crippen molar-refractivity contribution in [2.75, 3.05) is 11.3 Å². The van der Waals surface area contributed by atoms with E-state index in [1.54, 1.807) is 19.1 Å². The lowest BCUT2D eigenvalue weighted by Gasteiger charge is -2.14. The number of aryl methyl sites for hydroxylation is 1. The SMILES string of the molecule is Cc1cc(Br)c(NS(=O)(=O)C(C)CN)cc1Cl. The fourth-order valence-corrected chi connectivity index (χ4v) is 2.89. The molecule has 96 valence electrons. The van der Waals surface area contributed by atoms with Crippen molar-refractivity contribution >= 4 is 43.2 Å². The van der Waals surface area contributed by atoms with E-state index in [9.17, 15) is 8.42 Å². The van der Waals surface area contributed by atoms with E-state index in [0.29, 0.717) is 15.2 Å². The minimum Gasteiger partial charge on any atom is -0.329 e. The van der Waals surface area contributed by atoms with Gasteiger partial charge in [0, 0.05) is 16.0 Å². The maximum absolute atomic E-state index is 11.8. The Balaban J connectivity index is 3.08. The average Bonchev–Trinajstić information content (AvgIpc) is 2.24. The van der Waals surface area contributed by atoms with E-state index in [1.807, 2.05) is 6.92 Å². The maximum atomic E-state index is 11.8. The lowest BCUT2D eigenvalue weighted by Crippen LogP contribution is -2.31. The third kappa shape index (κ3) is 3.58. The van der Waals surface area contributed by atoms with Gasteiger partial charge in [-0.25, -0.2) is 8.42 Å². The number of nitrogens with two attached hydrogens (primary N) is 1. The molecule has 7 heteroatoms. The highest BCUT2D eigenvalue weighted by Crippen LogP contribution is 2.30. The fourth-order valence-electron chi connectivity index (χ4n) is 1.11. The zero-order valence-corrected chi connectivity index (χ0v) is 12.7. The molecule has 0 bridgehead atoms. The largest absolute Gasteiger partial charge is 0.329 e. The van der Waals surface area contributed by atoms with Gasteiger partial charge in [0.05, 0.1) is 10.9 Å². The summed E-state index contributed by atoms with van der Waals surface area (Å²) < 4.78 is 26.8. The van der Waals surface area contributed by atoms with E-state index in [2.05, 4.69) is 20.7 Å². The monoisotopic (exact) mass is 340 g/mol. The van der Waals surface area contributed by atoms with Gasteiger partial charge in [0.25, 0.3) is 0 Å². The summed E-state index contributed by atoms with van der Waals surface area (Å²) in [6.45, 7) is 3.45. The van der Waals surface area contributed by atoms with Crippen molar-refractivity contribution in [1.29, 1.82) is 0 Å². The van der Waals surface area contributed by atoms with Crippen molar-refractivity contribution in [1.82, 2.24) is 0 Å². The minimum atomic E-state index is -3.48. The topological polar surface area (TPSA) is 72.2 Å². The van der Waals surface area contributed by atoms with Gasteiger partial charge in [0.1, 0.15) is 0 Å². The Bertz CT molecular complexity index is 519. The van der Waals surface area contributed by atoms with Crippen LogP contribution in [0.15, 0.2) is 16.6 Å². The Morgan fingerprint density at radius 1 is 1.53 bits per heavy atom. The quantitative estimate of drug-likeness (QED) is 0.884. The third-order valence-corrected chi connectivity index (χ3v) is 5.18. The van der Waals surface area contributed by atoms with Crippen molar-refractivity contribution in [2.24, 2.45) is 5.73 Å². The first-order chi connectivity index (χ1) is 7.77. The van der Waals surface area contributed by atoms with Gasteiger partial charge in [-0.2, -0.15) is 0 Å². The van der Waals surface area contributed by atoms with Crippen LogP contribution in [0.1, 0.15) is 12.5 Å². The molecule has 3 N–H and O–H groups in total. The predicted octanol–water partition coefficient (Wildman–Crippen LogP) is 2.50. The summed E-state index contributed by atoms with van der Waals surface area (Å²) in [6, 6.07) is 3.33. The maximum Gasteiger partial charge on any atom is 0.236 e. The first-order valence-corrected chi connectivity index (χ1v) is 7.67. The Morgan fingerprint density at radius 2 is 2.12 bits per heavy atom. The summed E-state index contributed by atoms with van der Waals surface area (Å²) in [6.07, 6.45) is 0. The molecule has 17 heavy (non-hydrogen) atoms. The highest BCUT2D eigenvalue weighted by atomic mass is 79.9. The van der Waals surface area contributed by atoms with Gasteiger partial charge in [-0.3, -0.25) is 4.72 Å². The Labute approximate surface area is 115 Å². The molecule has 0 fully saturated rings. The summed E-state index contributed by atoms with van der Waals surface area (Å²) in [4.78, 5) is 0. The molecule has 0 saturated carbocycles. The number of sulfonamides is 1. The van der Waals surface area contributed by atoms with Crippen molar-refractivity contribution in [3.63, 3.8) is 0 Å². The summed E-state index contributed by atoms with van der Waals surface area (Å²) in [5, 5.41) is -0.152. The zero-order valence-electron chi connectivity index (χ0n) is 9.50. The highest BCUT2D eigenvalue weighted by molar-refractivity contribution is 9.10. The van der Waals surface area contributed by atoms with Crippen LogP contribution in [-0.2, 0) is 10.0 Å². The third-order valence-electron chi connectivity index (χ3n) is 2.36. The number of benzene rings is 1. The van der Waals surface area contributed by atoms with Crippen molar-refractivity contribution in [3.05, 3.63) is 27.2 Å². The van der Waals surface area contributed by atoms with Crippen LogP contribution in [0.25, 0.3) is 0 Å². The highest BCUT2D eigenvalue weighted by Gasteiger charge is 2.20. The van der Waals surface area contributed by atoms with Crippen molar-refractivity contribution in [3.8, 4) is 0 Å². The van der Waals surface area contributed by atoms with E-state index >= 15 is 0 Å². The number of anilines is 1. The second-order valence-corrected chi connectivity index (χ2v) is 7.14. The molecule has 1 aromatic rings. The van der Waals surface area contributed by atoms with Gasteiger partial charge >= 0.3 is 0 Å². The van der Waals surface area contributed by atoms with Gasteiger partial charge in [0.15, 0.2) is 0 Å². The summed E-state index contributed by atoms with van der Waals surface area (Å²) in [7, 11) is -3.48. The summed E-state index contributed by atoms with van der Waals surface area (Å²) in [5.41, 5.74) is 6.63. The Morgan fingerprint density at radius 3 is 2.65 bits per heavy atom. The molecule has 0 aliphatic rings. The second-order valence-electron chi connectivity index (χ2n) is 3.77. The minimum absolute atomic E-state index is 0.0620. The predicted molar refractivity (Wildman–Crippen MR) is 74.9 cm³/mol. The molecule has 1 atom stereocenters. The van der Waals surface area contributed by atoms with Crippen LogP contribution in [-0.4, -0.2) is 20.2 Å². The van der Waals surface area contributed by atoms with Crippen LogP contribution < -0.4 is 10.5 Å². The van der Waals surface area contributed by atoms with Gasteiger partial charge < -0.3 is 5.73 Å². The van der Waals surface area contributed by atoms with Crippen LogP contribution >= 0.6 is 27.5 Å². The molecule has 0 amide bonds. The van der Waals surface area contributed by atoms with Crippen molar-refractivity contribution < 1.29 is 8.42 Å². The molecule has 0 aliphatic carbocycles. The smallest absolute Gasteiger partial charge is 0.236 e. The van der Waals surface area contributed by atoms with Gasteiger partial charge in [-0.15, -0.1) is 0 Å². The Hall–Kier alpha value is -0.300. The zero-order chi connectivity index (χ0) is 13.2. The molecule has 0 radical (unpaired) electrons. The van der Waals surface area contributed by atoms with E-state index in [4.69, 9.17) is 17.3 Å². The first-order valence-electron chi connectivity index (χ1n) is 4.95. The van der Waals surface area contributed by atoms with Crippen LogP contribution in [0.2, 0.25) is 5.02 Å². The molecule has 0 spiro atoms. The van der Waals surface area contributed by atoms with Gasteiger partial charge in [-0.05, 0) is 47.5 Å². The molecular formula is C10H14BrClN2O2S. The molecule has 0 aromatic heterocycles. The lowest BCUT2D eigenvalue weighted by molar-refractivity contribution is 0.589. The van der Waals surface area contributed by atoms with E-state index < -0.39 is 15.3 Å². The van der Waals surface area contributed by atoms with E-state index in [1.165, 1.54) is 0 Å². The van der Waals surface area contributed by atoms with Crippen LogP contribution in [0.3, 0.4) is 0 Å². The number of hydrogen-bond acceptors (Lipinski definition) is 3. The molecule has 4 nitrogen and oxygen atoms in total. The summed E-state index contributed by atoms with van der Waals surface area (Å²) >= 11 is 9.24. The molecular weight excluding hydrogens is 328 g/mol. The van der Waals surface area contributed by atoms with Crippen LogP contribution in [0.5, 0.6) is 0 Å². The number of halogens is 2. The molecule has 1 aromatic carbocycles. The molecule has 0 heterocycles. The standard InChI is InChI=1S/C10H14BrClN2O2S/c1-6-3-8(11)10(4-9(6)12)14-17(15,16)7(2)5-13/h3-4,7,14H,5,13H2,1-2H3. The van der Waals surface area contributed by atoms with E-state index in [0.717, 1.165) is 5.56 Å². The average molecular weight is 342 g/mol. The van der Waals surface area contributed by atoms with E-state index in [-0.39, 0.29) is 6.54 Å². The first kappa shape index (κ1) is 14.8. The van der Waals surface area contributed by atoms with Crippen LogP contribution in [0.4, 0.5) is 5.69 Å². The van der Waals surface area contributed by atoms with Crippen molar-refractivity contribution in [2.45, 2.75) is 19.1 Å². The normalized spacial score (nSPS) is 13.5. The summed E-state index contributed by atoms with van der Waals surface area (Å²) in [5.74, 6) is 0. The number of nitrogens with one attached hydrogen (secondary N) is 1. The molecule has 0 saturated heterocycles. The van der Waals surface area contributed by atoms with Crippen LogP contribution in [0, 0.1) is 6.92 Å². The number of rotatable bonds is 4. The second kappa shape index (κ2) is 5.56. The number of hydrogen-bond donors (Lipinski definition) is 2. The lowest BCUT2D eigenvalue weighted by atomic mass is 10.2. The molecule has 1 rings (SSSR count).